The van der Waals surface area contributed by atoms with Crippen molar-refractivity contribution in [3.8, 4) is 11.3 Å². The molecule has 0 bridgehead atoms. The number of hydrogen-bond donors (Lipinski definition) is 1. The van der Waals surface area contributed by atoms with Crippen molar-refractivity contribution < 1.29 is 4.42 Å². The van der Waals surface area contributed by atoms with E-state index in [2.05, 4.69) is 10.3 Å². The van der Waals surface area contributed by atoms with Crippen molar-refractivity contribution >= 4 is 48.0 Å². The molecule has 7 heteroatoms. The van der Waals surface area contributed by atoms with Crippen LogP contribution in [-0.4, -0.2) is 4.98 Å². The standard InChI is InChI=1S/C17H14Cl2N2O.2ClH/c18-13-3-5-16(19)15(8-13)17-6-4-14(22-17)11-21-10-12-2-1-7-20-9-12;;/h1-9,21H,10-11H2;2*1H. The summed E-state index contributed by atoms with van der Waals surface area (Å²) in [5.74, 6) is 1.56. The average Bonchev–Trinajstić information content (AvgIpc) is 2.99. The first-order valence-corrected chi connectivity index (χ1v) is 7.62. The zero-order valence-electron chi connectivity index (χ0n) is 12.5. The Labute approximate surface area is 163 Å². The lowest BCUT2D eigenvalue weighted by atomic mass is 10.2. The molecule has 0 fully saturated rings. The van der Waals surface area contributed by atoms with E-state index in [0.717, 1.165) is 23.4 Å². The Morgan fingerprint density at radius 1 is 1.00 bits per heavy atom. The molecule has 0 radical (unpaired) electrons. The Hall–Kier alpha value is -1.23. The number of hydrogen-bond acceptors (Lipinski definition) is 3. The first-order chi connectivity index (χ1) is 10.7. The predicted molar refractivity (Wildman–Crippen MR) is 103 cm³/mol. The maximum atomic E-state index is 6.18. The summed E-state index contributed by atoms with van der Waals surface area (Å²) in [4.78, 5) is 4.08. The highest BCUT2D eigenvalue weighted by Crippen LogP contribution is 2.31. The van der Waals surface area contributed by atoms with E-state index in [0.29, 0.717) is 22.4 Å². The summed E-state index contributed by atoms with van der Waals surface area (Å²) in [5.41, 5.74) is 1.93. The summed E-state index contributed by atoms with van der Waals surface area (Å²) in [5, 5.41) is 4.57. The van der Waals surface area contributed by atoms with E-state index in [1.165, 1.54) is 0 Å². The van der Waals surface area contributed by atoms with E-state index in [9.17, 15) is 0 Å². The van der Waals surface area contributed by atoms with Crippen molar-refractivity contribution in [1.29, 1.82) is 0 Å². The van der Waals surface area contributed by atoms with Crippen LogP contribution >= 0.6 is 48.0 Å². The van der Waals surface area contributed by atoms with Gasteiger partial charge >= 0.3 is 0 Å². The second-order valence-corrected chi connectivity index (χ2v) is 5.70. The maximum absolute atomic E-state index is 6.18. The van der Waals surface area contributed by atoms with Crippen LogP contribution in [0.25, 0.3) is 11.3 Å². The first-order valence-electron chi connectivity index (χ1n) is 6.86. The van der Waals surface area contributed by atoms with E-state index in [4.69, 9.17) is 27.6 Å². The van der Waals surface area contributed by atoms with Gasteiger partial charge in [0.25, 0.3) is 0 Å². The second kappa shape index (κ2) is 9.92. The van der Waals surface area contributed by atoms with Gasteiger partial charge in [0, 0.05) is 29.5 Å². The molecular formula is C17H16Cl4N2O. The smallest absolute Gasteiger partial charge is 0.135 e. The Morgan fingerprint density at radius 3 is 2.58 bits per heavy atom. The Balaban J connectivity index is 0.00000144. The Bertz CT molecular complexity index is 762. The van der Waals surface area contributed by atoms with Crippen LogP contribution in [0.2, 0.25) is 10.0 Å². The lowest BCUT2D eigenvalue weighted by molar-refractivity contribution is 0.493. The van der Waals surface area contributed by atoms with E-state index in [1.54, 1.807) is 24.4 Å². The second-order valence-electron chi connectivity index (χ2n) is 4.85. The number of nitrogens with one attached hydrogen (secondary N) is 1. The van der Waals surface area contributed by atoms with Crippen LogP contribution in [0.4, 0.5) is 0 Å². The molecule has 2 aromatic heterocycles. The Morgan fingerprint density at radius 2 is 1.83 bits per heavy atom. The predicted octanol–water partition coefficient (Wildman–Crippen LogP) is 5.78. The molecule has 0 aliphatic rings. The summed E-state index contributed by atoms with van der Waals surface area (Å²) < 4.78 is 5.82. The number of halogens is 4. The summed E-state index contributed by atoms with van der Waals surface area (Å²) >= 11 is 12.2. The molecule has 3 rings (SSSR count). The van der Waals surface area contributed by atoms with Gasteiger partial charge in [-0.05, 0) is 42.0 Å². The molecule has 0 unspecified atom stereocenters. The fraction of sp³-hybridized carbons (Fsp3) is 0.118. The molecule has 0 aliphatic carbocycles. The zero-order valence-corrected chi connectivity index (χ0v) is 15.7. The fourth-order valence-electron chi connectivity index (χ4n) is 2.14. The number of rotatable bonds is 5. The van der Waals surface area contributed by atoms with Gasteiger partial charge in [-0.1, -0.05) is 29.3 Å². The number of benzene rings is 1. The van der Waals surface area contributed by atoms with E-state index in [1.807, 2.05) is 30.5 Å². The topological polar surface area (TPSA) is 38.1 Å². The van der Waals surface area contributed by atoms with Crippen molar-refractivity contribution in [2.75, 3.05) is 0 Å². The maximum Gasteiger partial charge on any atom is 0.135 e. The third-order valence-corrected chi connectivity index (χ3v) is 3.77. The lowest BCUT2D eigenvalue weighted by Crippen LogP contribution is -2.12. The number of pyridine rings is 1. The van der Waals surface area contributed by atoms with Crippen LogP contribution in [0.1, 0.15) is 11.3 Å². The molecule has 2 heterocycles. The minimum Gasteiger partial charge on any atom is -0.460 e. The minimum absolute atomic E-state index is 0. The molecule has 3 aromatic rings. The van der Waals surface area contributed by atoms with Gasteiger partial charge in [0.1, 0.15) is 11.5 Å². The minimum atomic E-state index is 0. The van der Waals surface area contributed by atoms with Gasteiger partial charge in [0.15, 0.2) is 0 Å². The quantitative estimate of drug-likeness (QED) is 0.584. The van der Waals surface area contributed by atoms with Gasteiger partial charge in [0.05, 0.1) is 11.6 Å². The molecule has 0 aliphatic heterocycles. The SMILES string of the molecule is Cl.Cl.Clc1ccc(Cl)c(-c2ccc(CNCc3cccnc3)o2)c1. The molecule has 128 valence electrons. The van der Waals surface area contributed by atoms with Crippen molar-refractivity contribution in [2.24, 2.45) is 0 Å². The Kier molecular flexibility index (Phi) is 8.60. The highest BCUT2D eigenvalue weighted by Gasteiger charge is 2.09. The third kappa shape index (κ3) is 5.40. The van der Waals surface area contributed by atoms with Crippen LogP contribution in [-0.2, 0) is 13.1 Å². The molecular weight excluding hydrogens is 390 g/mol. The van der Waals surface area contributed by atoms with Crippen LogP contribution in [0.3, 0.4) is 0 Å². The van der Waals surface area contributed by atoms with Crippen molar-refractivity contribution in [2.45, 2.75) is 13.1 Å². The van der Waals surface area contributed by atoms with Crippen LogP contribution in [0, 0.1) is 0 Å². The molecule has 3 nitrogen and oxygen atoms in total. The van der Waals surface area contributed by atoms with Crippen molar-refractivity contribution in [3.05, 3.63) is 76.2 Å². The first kappa shape index (κ1) is 20.8. The molecule has 0 amide bonds. The van der Waals surface area contributed by atoms with Gasteiger partial charge < -0.3 is 9.73 Å². The van der Waals surface area contributed by atoms with Crippen LogP contribution in [0.5, 0.6) is 0 Å². The number of aromatic nitrogens is 1. The monoisotopic (exact) mass is 404 g/mol. The third-order valence-electron chi connectivity index (χ3n) is 3.21. The van der Waals surface area contributed by atoms with Crippen molar-refractivity contribution in [1.82, 2.24) is 10.3 Å². The molecule has 1 N–H and O–H groups in total. The van der Waals surface area contributed by atoms with Gasteiger partial charge in [-0.3, -0.25) is 4.98 Å². The van der Waals surface area contributed by atoms with E-state index < -0.39 is 0 Å². The van der Waals surface area contributed by atoms with E-state index in [-0.39, 0.29) is 24.8 Å². The number of nitrogens with zero attached hydrogens (tertiary/aromatic N) is 1. The molecule has 0 saturated carbocycles. The summed E-state index contributed by atoms with van der Waals surface area (Å²) in [6.45, 7) is 1.37. The zero-order chi connectivity index (χ0) is 15.4. The van der Waals surface area contributed by atoms with Gasteiger partial charge in [-0.25, -0.2) is 0 Å². The van der Waals surface area contributed by atoms with Crippen LogP contribution in [0.15, 0.2) is 59.3 Å². The molecule has 1 aromatic carbocycles. The van der Waals surface area contributed by atoms with Gasteiger partial charge in [0.2, 0.25) is 0 Å². The van der Waals surface area contributed by atoms with E-state index >= 15 is 0 Å². The average molecular weight is 406 g/mol. The lowest BCUT2D eigenvalue weighted by Gasteiger charge is -2.03. The van der Waals surface area contributed by atoms with Crippen LogP contribution < -0.4 is 5.32 Å². The molecule has 0 atom stereocenters. The largest absolute Gasteiger partial charge is 0.460 e. The normalized spacial score (nSPS) is 9.92. The highest BCUT2D eigenvalue weighted by atomic mass is 35.5. The summed E-state index contributed by atoms with van der Waals surface area (Å²) in [7, 11) is 0. The molecule has 0 saturated heterocycles. The highest BCUT2D eigenvalue weighted by molar-refractivity contribution is 6.35. The number of furan rings is 1. The summed E-state index contributed by atoms with van der Waals surface area (Å²) in [6, 6.07) is 13.1. The van der Waals surface area contributed by atoms with Gasteiger partial charge in [-0.2, -0.15) is 0 Å². The fourth-order valence-corrected chi connectivity index (χ4v) is 2.52. The molecule has 24 heavy (non-hydrogen) atoms. The van der Waals surface area contributed by atoms with Crippen molar-refractivity contribution in [3.63, 3.8) is 0 Å². The molecule has 0 spiro atoms. The summed E-state index contributed by atoms with van der Waals surface area (Å²) in [6.07, 6.45) is 3.60. The van der Waals surface area contributed by atoms with Gasteiger partial charge in [-0.15, -0.1) is 24.8 Å².